The predicted molar refractivity (Wildman–Crippen MR) is 70.5 cm³/mol. The molecule has 0 nitrogen and oxygen atoms in total. The molecule has 1 aliphatic carbocycles. The van der Waals surface area contributed by atoms with Crippen LogP contribution in [0.3, 0.4) is 0 Å². The monoisotopic (exact) mass is 208 g/mol. The van der Waals surface area contributed by atoms with Crippen molar-refractivity contribution in [3.05, 3.63) is 53.1 Å². The third kappa shape index (κ3) is 1.37. The summed E-state index contributed by atoms with van der Waals surface area (Å²) in [6, 6.07) is 13.2. The van der Waals surface area contributed by atoms with Gasteiger partial charge in [0.2, 0.25) is 0 Å². The van der Waals surface area contributed by atoms with E-state index in [1.807, 2.05) is 0 Å². The van der Waals surface area contributed by atoms with Crippen molar-refractivity contribution in [3.8, 4) is 0 Å². The minimum Gasteiger partial charge on any atom is -0.0626 e. The molecular formula is C16H16. The summed E-state index contributed by atoms with van der Waals surface area (Å²) < 4.78 is 0. The van der Waals surface area contributed by atoms with Crippen LogP contribution in [-0.2, 0) is 6.42 Å². The van der Waals surface area contributed by atoms with E-state index >= 15 is 0 Å². The first-order valence-corrected chi connectivity index (χ1v) is 5.97. The Morgan fingerprint density at radius 2 is 1.81 bits per heavy atom. The van der Waals surface area contributed by atoms with Crippen molar-refractivity contribution < 1.29 is 0 Å². The molecule has 0 saturated heterocycles. The van der Waals surface area contributed by atoms with Gasteiger partial charge in [0.1, 0.15) is 0 Å². The van der Waals surface area contributed by atoms with E-state index in [-0.39, 0.29) is 0 Å². The fourth-order valence-electron chi connectivity index (χ4n) is 2.51. The van der Waals surface area contributed by atoms with Crippen molar-refractivity contribution in [1.82, 2.24) is 0 Å². The topological polar surface area (TPSA) is 0 Å². The smallest absolute Gasteiger partial charge is 0.00491 e. The lowest BCUT2D eigenvalue weighted by Crippen LogP contribution is -1.93. The van der Waals surface area contributed by atoms with E-state index in [4.69, 9.17) is 0 Å². The number of rotatable bonds is 1. The number of fused-ring (bicyclic) bond motifs is 3. The zero-order chi connectivity index (χ0) is 11.1. The quantitative estimate of drug-likeness (QED) is 0.650. The first-order valence-electron chi connectivity index (χ1n) is 5.97. The summed E-state index contributed by atoms with van der Waals surface area (Å²) in [6.07, 6.45) is 3.50. The molecular weight excluding hydrogens is 192 g/mol. The van der Waals surface area contributed by atoms with Crippen molar-refractivity contribution >= 4 is 16.8 Å². The van der Waals surface area contributed by atoms with Gasteiger partial charge in [-0.2, -0.15) is 0 Å². The van der Waals surface area contributed by atoms with E-state index in [9.17, 15) is 0 Å². The molecule has 0 unspecified atom stereocenters. The van der Waals surface area contributed by atoms with E-state index in [1.54, 1.807) is 5.57 Å². The maximum Gasteiger partial charge on any atom is -0.00491 e. The fraction of sp³-hybridized carbons (Fsp3) is 0.250. The Hall–Kier alpha value is -1.56. The SMILES string of the molecule is CC(C)C1=Cc2ccc3ccccc3c2C1. The zero-order valence-electron chi connectivity index (χ0n) is 9.83. The predicted octanol–water partition coefficient (Wildman–Crippen LogP) is 4.44. The van der Waals surface area contributed by atoms with Gasteiger partial charge in [-0.25, -0.2) is 0 Å². The van der Waals surface area contributed by atoms with Gasteiger partial charge in [-0.1, -0.05) is 61.9 Å². The molecule has 0 aliphatic heterocycles. The Morgan fingerprint density at radius 3 is 2.62 bits per heavy atom. The third-order valence-electron chi connectivity index (χ3n) is 3.54. The molecule has 0 heteroatoms. The molecule has 0 amide bonds. The van der Waals surface area contributed by atoms with Gasteiger partial charge >= 0.3 is 0 Å². The van der Waals surface area contributed by atoms with Crippen molar-refractivity contribution in [1.29, 1.82) is 0 Å². The average Bonchev–Trinajstić information content (AvgIpc) is 2.73. The van der Waals surface area contributed by atoms with Crippen LogP contribution in [0.2, 0.25) is 0 Å². The lowest BCUT2D eigenvalue weighted by molar-refractivity contribution is 0.755. The molecule has 0 spiro atoms. The normalized spacial score (nSPS) is 14.3. The highest BCUT2D eigenvalue weighted by molar-refractivity contribution is 5.90. The Balaban J connectivity index is 2.19. The van der Waals surface area contributed by atoms with Crippen molar-refractivity contribution in [2.75, 3.05) is 0 Å². The first-order chi connectivity index (χ1) is 7.75. The second kappa shape index (κ2) is 3.48. The highest BCUT2D eigenvalue weighted by Crippen LogP contribution is 2.34. The second-order valence-electron chi connectivity index (χ2n) is 4.91. The molecule has 80 valence electrons. The minimum atomic E-state index is 0.658. The Morgan fingerprint density at radius 1 is 1.00 bits per heavy atom. The zero-order valence-corrected chi connectivity index (χ0v) is 9.83. The molecule has 0 radical (unpaired) electrons. The highest BCUT2D eigenvalue weighted by Gasteiger charge is 2.16. The molecule has 2 aromatic rings. The molecule has 1 aliphatic rings. The Kier molecular flexibility index (Phi) is 2.10. The molecule has 0 atom stereocenters. The molecule has 3 rings (SSSR count). The van der Waals surface area contributed by atoms with Gasteiger partial charge in [-0.3, -0.25) is 0 Å². The summed E-state index contributed by atoms with van der Waals surface area (Å²) in [5.74, 6) is 0.658. The summed E-state index contributed by atoms with van der Waals surface area (Å²) in [5, 5.41) is 2.78. The van der Waals surface area contributed by atoms with Gasteiger partial charge in [-0.05, 0) is 34.2 Å². The van der Waals surface area contributed by atoms with E-state index < -0.39 is 0 Å². The van der Waals surface area contributed by atoms with Crippen LogP contribution in [0.15, 0.2) is 42.0 Å². The van der Waals surface area contributed by atoms with E-state index in [0.717, 1.165) is 6.42 Å². The lowest BCUT2D eigenvalue weighted by atomic mass is 9.97. The van der Waals surface area contributed by atoms with Gasteiger partial charge in [0.25, 0.3) is 0 Å². The van der Waals surface area contributed by atoms with Crippen LogP contribution in [-0.4, -0.2) is 0 Å². The van der Waals surface area contributed by atoms with Crippen molar-refractivity contribution in [2.24, 2.45) is 5.92 Å². The number of hydrogen-bond donors (Lipinski definition) is 0. The molecule has 0 heterocycles. The Labute approximate surface area is 96.6 Å². The van der Waals surface area contributed by atoms with E-state index in [2.05, 4.69) is 56.3 Å². The average molecular weight is 208 g/mol. The van der Waals surface area contributed by atoms with Gasteiger partial charge in [-0.15, -0.1) is 0 Å². The van der Waals surface area contributed by atoms with Crippen LogP contribution in [0.5, 0.6) is 0 Å². The summed E-state index contributed by atoms with van der Waals surface area (Å²) in [7, 11) is 0. The lowest BCUT2D eigenvalue weighted by Gasteiger charge is -2.07. The van der Waals surface area contributed by atoms with Gasteiger partial charge in [0, 0.05) is 0 Å². The second-order valence-corrected chi connectivity index (χ2v) is 4.91. The van der Waals surface area contributed by atoms with E-state index in [0.29, 0.717) is 5.92 Å². The van der Waals surface area contributed by atoms with Crippen molar-refractivity contribution in [3.63, 3.8) is 0 Å². The molecule has 16 heavy (non-hydrogen) atoms. The number of allylic oxidation sites excluding steroid dienone is 1. The summed E-state index contributed by atoms with van der Waals surface area (Å²) >= 11 is 0. The summed E-state index contributed by atoms with van der Waals surface area (Å²) in [6.45, 7) is 4.56. The van der Waals surface area contributed by atoms with Crippen LogP contribution in [0.4, 0.5) is 0 Å². The standard InChI is InChI=1S/C16H16/c1-11(2)14-9-13-8-7-12-5-3-4-6-15(12)16(13)10-14/h3-9,11H,10H2,1-2H3. The third-order valence-corrected chi connectivity index (χ3v) is 3.54. The molecule has 0 bridgehead atoms. The molecule has 0 N–H and O–H groups in total. The summed E-state index contributed by atoms with van der Waals surface area (Å²) in [4.78, 5) is 0. The molecule has 2 aromatic carbocycles. The van der Waals surface area contributed by atoms with Gasteiger partial charge in [0.15, 0.2) is 0 Å². The molecule has 0 saturated carbocycles. The maximum atomic E-state index is 2.37. The van der Waals surface area contributed by atoms with Crippen LogP contribution >= 0.6 is 0 Å². The van der Waals surface area contributed by atoms with E-state index in [1.165, 1.54) is 21.9 Å². The number of benzene rings is 2. The number of hydrogen-bond acceptors (Lipinski definition) is 0. The first kappa shape index (κ1) is 9.65. The Bertz CT molecular complexity index is 574. The van der Waals surface area contributed by atoms with Crippen LogP contribution in [0.1, 0.15) is 25.0 Å². The highest BCUT2D eigenvalue weighted by atomic mass is 14.2. The van der Waals surface area contributed by atoms with Crippen LogP contribution in [0.25, 0.3) is 16.8 Å². The summed E-state index contributed by atoms with van der Waals surface area (Å²) in [5.41, 5.74) is 4.50. The maximum absolute atomic E-state index is 2.37. The van der Waals surface area contributed by atoms with Crippen molar-refractivity contribution in [2.45, 2.75) is 20.3 Å². The van der Waals surface area contributed by atoms with Crippen LogP contribution in [0, 0.1) is 5.92 Å². The van der Waals surface area contributed by atoms with Gasteiger partial charge < -0.3 is 0 Å². The fourth-order valence-corrected chi connectivity index (χ4v) is 2.51. The van der Waals surface area contributed by atoms with Gasteiger partial charge in [0.05, 0.1) is 0 Å². The minimum absolute atomic E-state index is 0.658. The van der Waals surface area contributed by atoms with Crippen LogP contribution < -0.4 is 0 Å². The molecule has 0 aromatic heterocycles. The largest absolute Gasteiger partial charge is 0.0626 e. The molecule has 0 fully saturated rings.